The molecular weight excluding hydrogens is 266 g/mol. The third-order valence-electron chi connectivity index (χ3n) is 3.46. The molecule has 0 radical (unpaired) electrons. The van der Waals surface area contributed by atoms with Crippen LogP contribution in [0.3, 0.4) is 0 Å². The molecule has 0 saturated heterocycles. The number of benzene rings is 2. The Balaban J connectivity index is 1.81. The summed E-state index contributed by atoms with van der Waals surface area (Å²) in [7, 11) is 0. The minimum Gasteiger partial charge on any atom is -0.467 e. The van der Waals surface area contributed by atoms with Gasteiger partial charge in [0.25, 0.3) is 0 Å². The fraction of sp³-hybridized carbons (Fsp3) is 0.235. The minimum absolute atomic E-state index is 0.0149. The van der Waals surface area contributed by atoms with E-state index in [0.29, 0.717) is 0 Å². The maximum atomic E-state index is 6.06. The van der Waals surface area contributed by atoms with E-state index in [4.69, 9.17) is 4.74 Å². The molecule has 2 nitrogen and oxygen atoms in total. The Kier molecular flexibility index (Phi) is 3.79. The van der Waals surface area contributed by atoms with E-state index in [1.807, 2.05) is 30.3 Å². The van der Waals surface area contributed by atoms with Crippen molar-refractivity contribution in [3.8, 4) is 0 Å². The van der Waals surface area contributed by atoms with Gasteiger partial charge in [-0.2, -0.15) is 0 Å². The van der Waals surface area contributed by atoms with Gasteiger partial charge in [-0.3, -0.25) is 0 Å². The number of thioether (sulfide) groups is 1. The van der Waals surface area contributed by atoms with Crippen LogP contribution in [0.15, 0.2) is 64.5 Å². The van der Waals surface area contributed by atoms with Crippen molar-refractivity contribution >= 4 is 17.7 Å². The highest BCUT2D eigenvalue weighted by Crippen LogP contribution is 2.31. The summed E-state index contributed by atoms with van der Waals surface area (Å²) in [6.45, 7) is 2.10. The van der Waals surface area contributed by atoms with Gasteiger partial charge in [-0.05, 0) is 43.0 Å². The van der Waals surface area contributed by atoms with Crippen molar-refractivity contribution in [2.45, 2.75) is 24.0 Å². The summed E-state index contributed by atoms with van der Waals surface area (Å²) in [6.07, 6.45) is 2.10. The number of aliphatic imine (C=N–C) groups is 1. The molecule has 20 heavy (non-hydrogen) atoms. The van der Waals surface area contributed by atoms with Gasteiger partial charge in [0.15, 0.2) is 0 Å². The normalized spacial score (nSPS) is 21.4. The Morgan fingerprint density at radius 2 is 1.70 bits per heavy atom. The first-order valence-electron chi connectivity index (χ1n) is 6.72. The lowest BCUT2D eigenvalue weighted by Crippen LogP contribution is -2.11. The fourth-order valence-electron chi connectivity index (χ4n) is 2.37. The summed E-state index contributed by atoms with van der Waals surface area (Å²) < 4.78 is 6.06. The average molecular weight is 283 g/mol. The number of nitrogens with zero attached hydrogens (tertiary/aromatic N) is 1. The summed E-state index contributed by atoms with van der Waals surface area (Å²) in [5.74, 6) is 0.747. The van der Waals surface area contributed by atoms with E-state index in [1.165, 1.54) is 10.5 Å². The van der Waals surface area contributed by atoms with Crippen molar-refractivity contribution in [1.29, 1.82) is 0 Å². The zero-order valence-corrected chi connectivity index (χ0v) is 12.4. The number of ether oxygens (including phenoxy) is 1. The lowest BCUT2D eigenvalue weighted by molar-refractivity contribution is 0.202. The first-order valence-corrected chi connectivity index (χ1v) is 7.94. The van der Waals surface area contributed by atoms with Crippen molar-refractivity contribution in [3.05, 3.63) is 65.7 Å². The van der Waals surface area contributed by atoms with E-state index >= 15 is 0 Å². The van der Waals surface area contributed by atoms with Crippen LogP contribution >= 0.6 is 11.8 Å². The molecule has 0 amide bonds. The van der Waals surface area contributed by atoms with Crippen LogP contribution in [-0.4, -0.2) is 18.2 Å². The Bertz CT molecular complexity index is 607. The van der Waals surface area contributed by atoms with Crippen LogP contribution in [-0.2, 0) is 4.74 Å². The van der Waals surface area contributed by atoms with Gasteiger partial charge in [-0.15, -0.1) is 11.8 Å². The van der Waals surface area contributed by atoms with Gasteiger partial charge in [0.2, 0.25) is 5.90 Å². The predicted molar refractivity (Wildman–Crippen MR) is 84.5 cm³/mol. The zero-order valence-electron chi connectivity index (χ0n) is 11.6. The first kappa shape index (κ1) is 13.3. The van der Waals surface area contributed by atoms with Gasteiger partial charge in [0, 0.05) is 10.5 Å². The molecule has 1 aliphatic rings. The number of hydrogen-bond donors (Lipinski definition) is 0. The molecule has 102 valence electrons. The summed E-state index contributed by atoms with van der Waals surface area (Å²) in [5.41, 5.74) is 2.23. The molecule has 3 heteroatoms. The molecule has 2 atom stereocenters. The van der Waals surface area contributed by atoms with Gasteiger partial charge in [0.1, 0.15) is 6.10 Å². The zero-order chi connectivity index (χ0) is 13.9. The summed E-state index contributed by atoms with van der Waals surface area (Å²) in [6, 6.07) is 18.8. The van der Waals surface area contributed by atoms with Crippen molar-refractivity contribution < 1.29 is 4.74 Å². The van der Waals surface area contributed by atoms with E-state index in [0.717, 1.165) is 11.5 Å². The quantitative estimate of drug-likeness (QED) is 0.783. The highest BCUT2D eigenvalue weighted by molar-refractivity contribution is 7.98. The smallest absolute Gasteiger partial charge is 0.217 e. The number of rotatable bonds is 3. The largest absolute Gasteiger partial charge is 0.467 e. The molecule has 0 saturated carbocycles. The molecule has 2 aromatic rings. The lowest BCUT2D eigenvalue weighted by Gasteiger charge is -2.15. The van der Waals surface area contributed by atoms with Crippen molar-refractivity contribution in [2.24, 2.45) is 4.99 Å². The van der Waals surface area contributed by atoms with E-state index in [9.17, 15) is 0 Å². The third kappa shape index (κ3) is 2.59. The molecule has 0 bridgehead atoms. The van der Waals surface area contributed by atoms with Crippen LogP contribution in [0.2, 0.25) is 0 Å². The maximum absolute atomic E-state index is 6.06. The Hall–Kier alpha value is -1.74. The Labute approximate surface area is 123 Å². The maximum Gasteiger partial charge on any atom is 0.217 e. The van der Waals surface area contributed by atoms with Crippen LogP contribution in [0.5, 0.6) is 0 Å². The van der Waals surface area contributed by atoms with E-state index < -0.39 is 0 Å². The van der Waals surface area contributed by atoms with Gasteiger partial charge >= 0.3 is 0 Å². The van der Waals surface area contributed by atoms with Crippen molar-refractivity contribution in [1.82, 2.24) is 0 Å². The first-order chi connectivity index (χ1) is 9.78. The second kappa shape index (κ2) is 5.71. The highest BCUT2D eigenvalue weighted by atomic mass is 32.2. The van der Waals surface area contributed by atoms with E-state index in [1.54, 1.807) is 11.8 Å². The van der Waals surface area contributed by atoms with Gasteiger partial charge in [-0.25, -0.2) is 4.99 Å². The standard InChI is InChI=1S/C17H17NOS/c1-12-16(13-8-10-15(20-2)11-9-13)19-17(18-12)14-6-4-3-5-7-14/h3-12,16H,1-2H3/t12-,16-/m1/s1. The molecule has 0 fully saturated rings. The van der Waals surface area contributed by atoms with Crippen molar-refractivity contribution in [3.63, 3.8) is 0 Å². The van der Waals surface area contributed by atoms with Crippen LogP contribution in [0.4, 0.5) is 0 Å². The molecule has 0 spiro atoms. The van der Waals surface area contributed by atoms with Gasteiger partial charge < -0.3 is 4.74 Å². The molecular formula is C17H17NOS. The number of hydrogen-bond acceptors (Lipinski definition) is 3. The highest BCUT2D eigenvalue weighted by Gasteiger charge is 2.29. The van der Waals surface area contributed by atoms with Crippen LogP contribution in [0, 0.1) is 0 Å². The molecule has 0 unspecified atom stereocenters. The summed E-state index contributed by atoms with van der Waals surface area (Å²) in [4.78, 5) is 5.92. The van der Waals surface area contributed by atoms with Gasteiger partial charge in [0.05, 0.1) is 6.04 Å². The molecule has 0 aliphatic carbocycles. The molecule has 0 N–H and O–H groups in total. The Morgan fingerprint density at radius 1 is 1.00 bits per heavy atom. The Morgan fingerprint density at radius 3 is 2.35 bits per heavy atom. The lowest BCUT2D eigenvalue weighted by atomic mass is 10.0. The molecule has 2 aromatic carbocycles. The topological polar surface area (TPSA) is 21.6 Å². The average Bonchev–Trinajstić information content (AvgIpc) is 2.90. The second-order valence-corrected chi connectivity index (χ2v) is 5.73. The van der Waals surface area contributed by atoms with E-state index in [2.05, 4.69) is 42.4 Å². The third-order valence-corrected chi connectivity index (χ3v) is 4.21. The monoisotopic (exact) mass is 283 g/mol. The fourth-order valence-corrected chi connectivity index (χ4v) is 2.77. The SMILES string of the molecule is CSc1ccc([C@@H]2OC(c3ccccc3)=N[C@@H]2C)cc1. The minimum atomic E-state index is 0.0149. The molecule has 3 rings (SSSR count). The van der Waals surface area contributed by atoms with Gasteiger partial charge in [-0.1, -0.05) is 30.3 Å². The molecule has 1 aliphatic heterocycles. The van der Waals surface area contributed by atoms with Crippen molar-refractivity contribution in [2.75, 3.05) is 6.26 Å². The predicted octanol–water partition coefficient (Wildman–Crippen LogP) is 4.32. The van der Waals surface area contributed by atoms with E-state index in [-0.39, 0.29) is 12.1 Å². The van der Waals surface area contributed by atoms with Crippen LogP contribution in [0.25, 0.3) is 0 Å². The van der Waals surface area contributed by atoms with Crippen LogP contribution < -0.4 is 0 Å². The molecule has 0 aromatic heterocycles. The summed E-state index contributed by atoms with van der Waals surface area (Å²) >= 11 is 1.75. The summed E-state index contributed by atoms with van der Waals surface area (Å²) in [5, 5.41) is 0. The second-order valence-electron chi connectivity index (χ2n) is 4.85. The van der Waals surface area contributed by atoms with Crippen LogP contribution in [0.1, 0.15) is 24.2 Å². The molecule has 1 heterocycles.